The van der Waals surface area contributed by atoms with E-state index in [2.05, 4.69) is 20.9 Å². The van der Waals surface area contributed by atoms with Gasteiger partial charge in [-0.1, -0.05) is 23.2 Å². The van der Waals surface area contributed by atoms with Gasteiger partial charge in [0.15, 0.2) is 0 Å². The Kier molecular flexibility index (Phi) is 5.24. The highest BCUT2D eigenvalue weighted by atomic mass is 35.5. The van der Waals surface area contributed by atoms with Gasteiger partial charge >= 0.3 is 0 Å². The number of nitrogens with zero attached hydrogens (tertiary/aromatic N) is 1. The van der Waals surface area contributed by atoms with Crippen molar-refractivity contribution in [2.75, 3.05) is 31.5 Å². The van der Waals surface area contributed by atoms with Gasteiger partial charge in [0.2, 0.25) is 5.91 Å². The van der Waals surface area contributed by atoms with Gasteiger partial charge in [-0.05, 0) is 19.0 Å². The fourth-order valence-corrected chi connectivity index (χ4v) is 2.38. The number of carbonyl (C=O) groups excluding carboxylic acids is 1. The van der Waals surface area contributed by atoms with Crippen molar-refractivity contribution < 1.29 is 4.79 Å². The van der Waals surface area contributed by atoms with Crippen molar-refractivity contribution in [1.29, 1.82) is 0 Å². The van der Waals surface area contributed by atoms with Crippen LogP contribution in [0.3, 0.4) is 0 Å². The van der Waals surface area contributed by atoms with Gasteiger partial charge in [-0.25, -0.2) is 4.98 Å². The van der Waals surface area contributed by atoms with Crippen LogP contribution >= 0.6 is 23.2 Å². The number of aromatic nitrogens is 1. The molecule has 0 radical (unpaired) electrons. The van der Waals surface area contributed by atoms with Crippen LogP contribution in [-0.2, 0) is 4.79 Å². The van der Waals surface area contributed by atoms with E-state index in [9.17, 15) is 4.79 Å². The van der Waals surface area contributed by atoms with Crippen molar-refractivity contribution in [2.24, 2.45) is 5.92 Å². The SMILES string of the molecule is O=C(NCCNc1ncc(Cl)cc1Cl)C1CCNC1. The van der Waals surface area contributed by atoms with Gasteiger partial charge in [-0.2, -0.15) is 0 Å². The molecule has 1 aliphatic heterocycles. The fraction of sp³-hybridized carbons (Fsp3) is 0.500. The number of rotatable bonds is 5. The lowest BCUT2D eigenvalue weighted by atomic mass is 10.1. The monoisotopic (exact) mass is 302 g/mol. The minimum Gasteiger partial charge on any atom is -0.367 e. The number of nitrogens with one attached hydrogen (secondary N) is 3. The molecule has 0 bridgehead atoms. The van der Waals surface area contributed by atoms with E-state index in [0.717, 1.165) is 19.5 Å². The van der Waals surface area contributed by atoms with E-state index in [1.807, 2.05) is 0 Å². The minimum atomic E-state index is 0.0947. The molecule has 1 aromatic rings. The second-order valence-electron chi connectivity index (χ2n) is 4.39. The summed E-state index contributed by atoms with van der Waals surface area (Å²) in [4.78, 5) is 15.8. The summed E-state index contributed by atoms with van der Waals surface area (Å²) in [6.07, 6.45) is 2.43. The van der Waals surface area contributed by atoms with Gasteiger partial charge in [0.05, 0.1) is 16.0 Å². The zero-order valence-electron chi connectivity index (χ0n) is 10.4. The molecule has 0 spiro atoms. The topological polar surface area (TPSA) is 66.0 Å². The predicted octanol–water partition coefficient (Wildman–Crippen LogP) is 1.53. The lowest BCUT2D eigenvalue weighted by molar-refractivity contribution is -0.124. The van der Waals surface area contributed by atoms with Crippen LogP contribution in [0, 0.1) is 5.92 Å². The first-order valence-corrected chi connectivity index (χ1v) is 6.96. The van der Waals surface area contributed by atoms with Gasteiger partial charge in [0.1, 0.15) is 5.82 Å². The second-order valence-corrected chi connectivity index (χ2v) is 5.24. The molecule has 3 N–H and O–H groups in total. The van der Waals surface area contributed by atoms with E-state index in [1.54, 1.807) is 6.07 Å². The van der Waals surface area contributed by atoms with E-state index in [1.165, 1.54) is 6.20 Å². The highest BCUT2D eigenvalue weighted by Crippen LogP contribution is 2.21. The molecule has 1 unspecified atom stereocenters. The predicted molar refractivity (Wildman–Crippen MR) is 76.7 cm³/mol. The van der Waals surface area contributed by atoms with Crippen LogP contribution in [0.15, 0.2) is 12.3 Å². The molecule has 1 aliphatic rings. The average molecular weight is 303 g/mol. The smallest absolute Gasteiger partial charge is 0.224 e. The largest absolute Gasteiger partial charge is 0.367 e. The molecule has 0 aliphatic carbocycles. The summed E-state index contributed by atoms with van der Waals surface area (Å²) in [6.45, 7) is 2.79. The van der Waals surface area contributed by atoms with Gasteiger partial charge in [0, 0.05) is 25.8 Å². The van der Waals surface area contributed by atoms with Crippen LogP contribution in [0.2, 0.25) is 10.0 Å². The second kappa shape index (κ2) is 6.93. The van der Waals surface area contributed by atoms with Crippen molar-refractivity contribution in [2.45, 2.75) is 6.42 Å². The molecule has 1 aromatic heterocycles. The Bertz CT molecular complexity index is 449. The summed E-state index contributed by atoms with van der Waals surface area (Å²) >= 11 is 11.7. The first kappa shape index (κ1) is 14.4. The fourth-order valence-electron chi connectivity index (χ4n) is 1.93. The third-order valence-electron chi connectivity index (χ3n) is 2.96. The lowest BCUT2D eigenvalue weighted by Gasteiger charge is -2.11. The van der Waals surface area contributed by atoms with Crippen LogP contribution < -0.4 is 16.0 Å². The molecule has 2 heterocycles. The van der Waals surface area contributed by atoms with Gasteiger partial charge in [0.25, 0.3) is 0 Å². The summed E-state index contributed by atoms with van der Waals surface area (Å²) in [7, 11) is 0. The Labute approximate surface area is 122 Å². The molecule has 1 saturated heterocycles. The molecular weight excluding hydrogens is 287 g/mol. The average Bonchev–Trinajstić information content (AvgIpc) is 2.90. The van der Waals surface area contributed by atoms with Gasteiger partial charge < -0.3 is 16.0 Å². The first-order valence-electron chi connectivity index (χ1n) is 6.20. The zero-order valence-corrected chi connectivity index (χ0v) is 11.9. The molecule has 1 fully saturated rings. The maximum absolute atomic E-state index is 11.7. The highest BCUT2D eigenvalue weighted by molar-refractivity contribution is 6.35. The van der Waals surface area contributed by atoms with Crippen LogP contribution in [0.1, 0.15) is 6.42 Å². The van der Waals surface area contributed by atoms with Crippen LogP contribution in [0.4, 0.5) is 5.82 Å². The van der Waals surface area contributed by atoms with E-state index < -0.39 is 0 Å². The van der Waals surface area contributed by atoms with E-state index in [-0.39, 0.29) is 11.8 Å². The van der Waals surface area contributed by atoms with Crippen molar-refractivity contribution in [3.63, 3.8) is 0 Å². The zero-order chi connectivity index (χ0) is 13.7. The Morgan fingerprint density at radius 1 is 1.47 bits per heavy atom. The van der Waals surface area contributed by atoms with E-state index in [4.69, 9.17) is 23.2 Å². The Morgan fingerprint density at radius 2 is 2.32 bits per heavy atom. The maximum Gasteiger partial charge on any atom is 0.224 e. The Hall–Kier alpha value is -1.04. The summed E-state index contributed by atoms with van der Waals surface area (Å²) in [5.41, 5.74) is 0. The molecular formula is C12H16Cl2N4O. The van der Waals surface area contributed by atoms with Gasteiger partial charge in [-0.15, -0.1) is 0 Å². The molecule has 5 nitrogen and oxygen atoms in total. The molecule has 1 amide bonds. The van der Waals surface area contributed by atoms with Crippen molar-refractivity contribution in [1.82, 2.24) is 15.6 Å². The number of carbonyl (C=O) groups is 1. The highest BCUT2D eigenvalue weighted by Gasteiger charge is 2.21. The molecule has 2 rings (SSSR count). The Morgan fingerprint density at radius 3 is 3.00 bits per heavy atom. The van der Waals surface area contributed by atoms with E-state index >= 15 is 0 Å². The summed E-state index contributed by atoms with van der Waals surface area (Å²) < 4.78 is 0. The number of anilines is 1. The number of hydrogen-bond acceptors (Lipinski definition) is 4. The molecule has 0 aromatic carbocycles. The normalized spacial score (nSPS) is 18.3. The van der Waals surface area contributed by atoms with Crippen LogP contribution in [-0.4, -0.2) is 37.1 Å². The standard InChI is InChI=1S/C12H16Cl2N4O/c13-9-5-10(14)11(18-7-9)16-3-4-17-12(19)8-1-2-15-6-8/h5,7-8,15H,1-4,6H2,(H,16,18)(H,17,19). The van der Waals surface area contributed by atoms with Crippen molar-refractivity contribution >= 4 is 34.9 Å². The maximum atomic E-state index is 11.7. The number of hydrogen-bond donors (Lipinski definition) is 3. The summed E-state index contributed by atoms with van der Waals surface area (Å²) in [6, 6.07) is 1.63. The summed E-state index contributed by atoms with van der Waals surface area (Å²) in [5, 5.41) is 10.1. The lowest BCUT2D eigenvalue weighted by Crippen LogP contribution is -2.35. The Balaban J connectivity index is 1.70. The molecule has 19 heavy (non-hydrogen) atoms. The van der Waals surface area contributed by atoms with Crippen LogP contribution in [0.5, 0.6) is 0 Å². The van der Waals surface area contributed by atoms with Crippen LogP contribution in [0.25, 0.3) is 0 Å². The molecule has 7 heteroatoms. The number of pyridine rings is 1. The third-order valence-corrected chi connectivity index (χ3v) is 3.45. The summed E-state index contributed by atoms with van der Waals surface area (Å²) in [5.74, 6) is 0.766. The third kappa shape index (κ3) is 4.23. The number of amides is 1. The number of halogens is 2. The molecule has 0 saturated carbocycles. The van der Waals surface area contributed by atoms with E-state index in [0.29, 0.717) is 29.0 Å². The van der Waals surface area contributed by atoms with Crippen molar-refractivity contribution in [3.05, 3.63) is 22.3 Å². The first-order chi connectivity index (χ1) is 9.16. The quantitative estimate of drug-likeness (QED) is 0.722. The molecule has 1 atom stereocenters. The van der Waals surface area contributed by atoms with Crippen molar-refractivity contribution in [3.8, 4) is 0 Å². The van der Waals surface area contributed by atoms with Gasteiger partial charge in [-0.3, -0.25) is 4.79 Å². The molecule has 104 valence electrons. The minimum absolute atomic E-state index is 0.0947.